The third-order valence-electron chi connectivity index (χ3n) is 4.00. The minimum Gasteiger partial charge on any atom is -0.310 e. The molecule has 2 aliphatic heterocycles. The second-order valence-corrected chi connectivity index (χ2v) is 7.27. The molecular weight excluding hydrogens is 322 g/mol. The van der Waals surface area contributed by atoms with Crippen LogP contribution < -0.4 is 5.32 Å². The maximum atomic E-state index is 13.7. The summed E-state index contributed by atoms with van der Waals surface area (Å²) in [5.74, 6) is -1.66. The highest BCUT2D eigenvalue weighted by atomic mass is 35.5. The quantitative estimate of drug-likeness (QED) is 0.896. The van der Waals surface area contributed by atoms with E-state index in [9.17, 15) is 17.2 Å². The van der Waals surface area contributed by atoms with Crippen molar-refractivity contribution < 1.29 is 17.2 Å². The molecular formula is C13H17ClF2N2O2S. The van der Waals surface area contributed by atoms with Gasteiger partial charge in [0.2, 0.25) is 10.0 Å². The van der Waals surface area contributed by atoms with E-state index >= 15 is 0 Å². The van der Waals surface area contributed by atoms with E-state index in [1.807, 2.05) is 0 Å². The topological polar surface area (TPSA) is 49.4 Å². The Kier molecular flexibility index (Phi) is 4.87. The lowest BCUT2D eigenvalue weighted by atomic mass is 10.1. The molecule has 0 radical (unpaired) electrons. The van der Waals surface area contributed by atoms with Gasteiger partial charge in [-0.25, -0.2) is 17.2 Å². The van der Waals surface area contributed by atoms with Crippen molar-refractivity contribution in [2.45, 2.75) is 36.2 Å². The van der Waals surface area contributed by atoms with Crippen LogP contribution in [-0.2, 0) is 10.0 Å². The Labute approximate surface area is 129 Å². The number of rotatable bonds is 2. The van der Waals surface area contributed by atoms with E-state index < -0.39 is 26.6 Å². The van der Waals surface area contributed by atoms with Crippen LogP contribution in [0.5, 0.6) is 0 Å². The van der Waals surface area contributed by atoms with E-state index in [2.05, 4.69) is 5.32 Å². The number of hydrogen-bond donors (Lipinski definition) is 1. The molecule has 21 heavy (non-hydrogen) atoms. The molecule has 1 N–H and O–H groups in total. The van der Waals surface area contributed by atoms with Gasteiger partial charge in [-0.05, 0) is 37.5 Å². The van der Waals surface area contributed by atoms with Gasteiger partial charge in [0.1, 0.15) is 16.5 Å². The second-order valence-electron chi connectivity index (χ2n) is 5.36. The Morgan fingerprint density at radius 1 is 1.14 bits per heavy atom. The molecule has 118 valence electrons. The van der Waals surface area contributed by atoms with E-state index in [1.54, 1.807) is 0 Å². The van der Waals surface area contributed by atoms with Crippen LogP contribution in [0.3, 0.4) is 0 Å². The third-order valence-corrected chi connectivity index (χ3v) is 5.88. The lowest BCUT2D eigenvalue weighted by Gasteiger charge is -2.23. The molecule has 2 saturated heterocycles. The first-order chi connectivity index (χ1) is 9.46. The van der Waals surface area contributed by atoms with Crippen molar-refractivity contribution >= 4 is 22.4 Å². The molecule has 2 fully saturated rings. The van der Waals surface area contributed by atoms with E-state index in [-0.39, 0.29) is 18.4 Å². The summed E-state index contributed by atoms with van der Waals surface area (Å²) in [6, 6.07) is 2.96. The zero-order chi connectivity index (χ0) is 14.3. The maximum Gasteiger partial charge on any atom is 0.246 e. The van der Waals surface area contributed by atoms with Gasteiger partial charge in [0.05, 0.1) is 0 Å². The first-order valence-electron chi connectivity index (χ1n) is 6.68. The van der Waals surface area contributed by atoms with Crippen molar-refractivity contribution in [3.63, 3.8) is 0 Å². The molecule has 1 aromatic carbocycles. The molecule has 4 nitrogen and oxygen atoms in total. The molecule has 2 unspecified atom stereocenters. The molecule has 2 aliphatic rings. The second kappa shape index (κ2) is 6.16. The summed E-state index contributed by atoms with van der Waals surface area (Å²) in [4.78, 5) is -0.574. The molecule has 1 aromatic rings. The summed E-state index contributed by atoms with van der Waals surface area (Å²) in [5.41, 5.74) is 0. The number of nitrogens with zero attached hydrogens (tertiary/aromatic N) is 1. The number of halogens is 3. The van der Waals surface area contributed by atoms with Crippen molar-refractivity contribution in [3.05, 3.63) is 29.8 Å². The zero-order valence-electron chi connectivity index (χ0n) is 11.3. The molecule has 8 heteroatoms. The van der Waals surface area contributed by atoms with Crippen molar-refractivity contribution in [2.75, 3.05) is 13.1 Å². The van der Waals surface area contributed by atoms with Gasteiger partial charge < -0.3 is 5.32 Å². The van der Waals surface area contributed by atoms with Gasteiger partial charge in [0.15, 0.2) is 0 Å². The van der Waals surface area contributed by atoms with Crippen LogP contribution >= 0.6 is 12.4 Å². The van der Waals surface area contributed by atoms with Gasteiger partial charge in [-0.1, -0.05) is 0 Å². The fraction of sp³-hybridized carbons (Fsp3) is 0.538. The van der Waals surface area contributed by atoms with Crippen LogP contribution in [0.4, 0.5) is 8.78 Å². The number of hydrogen-bond acceptors (Lipinski definition) is 3. The minimum absolute atomic E-state index is 0. The Bertz CT molecular complexity index is 627. The molecule has 0 aromatic heterocycles. The molecule has 0 saturated carbocycles. The molecule has 0 spiro atoms. The van der Waals surface area contributed by atoms with Crippen molar-refractivity contribution in [1.82, 2.24) is 9.62 Å². The minimum atomic E-state index is -3.98. The molecule has 3 rings (SSSR count). The highest BCUT2D eigenvalue weighted by molar-refractivity contribution is 7.89. The van der Waals surface area contributed by atoms with Crippen molar-refractivity contribution in [1.29, 1.82) is 0 Å². The SMILES string of the molecule is Cl.O=S(=O)(c1cc(F)ccc1F)N1CCC2CCC(C1)N2. The van der Waals surface area contributed by atoms with Crippen LogP contribution in [-0.4, -0.2) is 37.9 Å². The number of fused-ring (bicyclic) bond motifs is 2. The number of benzene rings is 1. The van der Waals surface area contributed by atoms with Crippen LogP contribution in [0.2, 0.25) is 0 Å². The molecule has 0 aliphatic carbocycles. The van der Waals surface area contributed by atoms with E-state index in [4.69, 9.17) is 0 Å². The van der Waals surface area contributed by atoms with Gasteiger partial charge in [0, 0.05) is 25.2 Å². The van der Waals surface area contributed by atoms with E-state index in [0.29, 0.717) is 25.6 Å². The summed E-state index contributed by atoms with van der Waals surface area (Å²) >= 11 is 0. The smallest absolute Gasteiger partial charge is 0.246 e. The van der Waals surface area contributed by atoms with Crippen LogP contribution in [0.25, 0.3) is 0 Å². The highest BCUT2D eigenvalue weighted by Gasteiger charge is 2.36. The average molecular weight is 339 g/mol. The van der Waals surface area contributed by atoms with Gasteiger partial charge in [-0.3, -0.25) is 0 Å². The monoisotopic (exact) mass is 338 g/mol. The molecule has 2 atom stereocenters. The summed E-state index contributed by atoms with van der Waals surface area (Å²) in [5, 5.41) is 3.36. The predicted octanol–water partition coefficient (Wildman–Crippen LogP) is 1.90. The standard InChI is InChI=1S/C13H16F2N2O2S.ClH/c14-9-1-4-12(15)13(7-9)20(18,19)17-6-5-10-2-3-11(8-17)16-10;/h1,4,7,10-11,16H,2-3,5-6,8H2;1H. The van der Waals surface area contributed by atoms with Gasteiger partial charge >= 0.3 is 0 Å². The Balaban J connectivity index is 0.00000161. The number of sulfonamides is 1. The average Bonchev–Trinajstić information content (AvgIpc) is 2.71. The van der Waals surface area contributed by atoms with Crippen LogP contribution in [0.15, 0.2) is 23.1 Å². The highest BCUT2D eigenvalue weighted by Crippen LogP contribution is 2.26. The third kappa shape index (κ3) is 3.21. The predicted molar refractivity (Wildman–Crippen MR) is 76.9 cm³/mol. The largest absolute Gasteiger partial charge is 0.310 e. The van der Waals surface area contributed by atoms with Gasteiger partial charge in [0.25, 0.3) is 0 Å². The maximum absolute atomic E-state index is 13.7. The Morgan fingerprint density at radius 2 is 1.86 bits per heavy atom. The Morgan fingerprint density at radius 3 is 2.62 bits per heavy atom. The first-order valence-corrected chi connectivity index (χ1v) is 8.12. The molecule has 2 bridgehead atoms. The van der Waals surface area contributed by atoms with Crippen molar-refractivity contribution in [3.8, 4) is 0 Å². The van der Waals surface area contributed by atoms with Gasteiger partial charge in [-0.2, -0.15) is 4.31 Å². The zero-order valence-corrected chi connectivity index (χ0v) is 12.9. The summed E-state index contributed by atoms with van der Waals surface area (Å²) < 4.78 is 53.2. The van der Waals surface area contributed by atoms with E-state index in [0.717, 1.165) is 31.0 Å². The summed E-state index contributed by atoms with van der Waals surface area (Å²) in [6.45, 7) is 0.654. The molecule has 0 amide bonds. The Hall–Kier alpha value is -0.760. The van der Waals surface area contributed by atoms with Crippen molar-refractivity contribution in [2.24, 2.45) is 0 Å². The van der Waals surface area contributed by atoms with Crippen LogP contribution in [0.1, 0.15) is 19.3 Å². The number of nitrogens with one attached hydrogen (secondary N) is 1. The lowest BCUT2D eigenvalue weighted by Crippen LogP contribution is -2.39. The van der Waals surface area contributed by atoms with Crippen LogP contribution in [0, 0.1) is 11.6 Å². The lowest BCUT2D eigenvalue weighted by molar-refractivity contribution is 0.380. The fourth-order valence-electron chi connectivity index (χ4n) is 2.94. The molecule has 2 heterocycles. The summed E-state index contributed by atoms with van der Waals surface area (Å²) in [6.07, 6.45) is 2.67. The normalized spacial score (nSPS) is 26.2. The first kappa shape index (κ1) is 16.6. The fourth-order valence-corrected chi connectivity index (χ4v) is 4.52. The van der Waals surface area contributed by atoms with Gasteiger partial charge in [-0.15, -0.1) is 12.4 Å². The van der Waals surface area contributed by atoms with E-state index in [1.165, 1.54) is 4.31 Å². The summed E-state index contributed by atoms with van der Waals surface area (Å²) in [7, 11) is -3.98.